The van der Waals surface area contributed by atoms with Crippen molar-refractivity contribution in [3.63, 3.8) is 0 Å². The highest BCUT2D eigenvalue weighted by Gasteiger charge is 2.30. The van der Waals surface area contributed by atoms with E-state index in [-0.39, 0.29) is 0 Å². The Balaban J connectivity index is 1.88. The Morgan fingerprint density at radius 3 is 2.89 bits per heavy atom. The van der Waals surface area contributed by atoms with Crippen LogP contribution in [0.3, 0.4) is 0 Å². The van der Waals surface area contributed by atoms with Crippen LogP contribution in [0.4, 0.5) is 0 Å². The maximum Gasteiger partial charge on any atom is 0.191 e. The zero-order valence-corrected chi connectivity index (χ0v) is 12.1. The minimum atomic E-state index is 0.635. The van der Waals surface area contributed by atoms with Gasteiger partial charge >= 0.3 is 0 Å². The summed E-state index contributed by atoms with van der Waals surface area (Å²) in [5.41, 5.74) is 1.03. The molecule has 0 radical (unpaired) electrons. The van der Waals surface area contributed by atoms with Crippen LogP contribution >= 0.6 is 11.8 Å². The first-order valence-electron chi connectivity index (χ1n) is 6.80. The molecule has 5 heteroatoms. The van der Waals surface area contributed by atoms with Crippen LogP contribution in [-0.4, -0.2) is 25.0 Å². The molecule has 1 aliphatic carbocycles. The third-order valence-electron chi connectivity index (χ3n) is 3.53. The Kier molecular flexibility index (Phi) is 3.55. The number of thioether (sulfide) groups is 1. The van der Waals surface area contributed by atoms with Crippen LogP contribution in [0, 0.1) is 5.92 Å². The largest absolute Gasteiger partial charge is 0.302 e. The van der Waals surface area contributed by atoms with Gasteiger partial charge in [-0.25, -0.2) is 0 Å². The van der Waals surface area contributed by atoms with Gasteiger partial charge in [0.05, 0.1) is 0 Å². The monoisotopic (exact) mass is 274 g/mol. The van der Waals surface area contributed by atoms with E-state index in [1.165, 1.54) is 12.8 Å². The quantitative estimate of drug-likeness (QED) is 0.785. The number of nitrogens with zero attached hydrogens (tertiary/aromatic N) is 4. The summed E-state index contributed by atoms with van der Waals surface area (Å²) in [6.07, 6.45) is 6.35. The lowest BCUT2D eigenvalue weighted by Gasteiger charge is -2.11. The van der Waals surface area contributed by atoms with E-state index >= 15 is 0 Å². The Morgan fingerprint density at radius 2 is 2.26 bits per heavy atom. The Labute approximate surface area is 117 Å². The molecule has 0 N–H and O–H groups in total. The van der Waals surface area contributed by atoms with Gasteiger partial charge in [0.25, 0.3) is 0 Å². The van der Waals surface area contributed by atoms with Crippen molar-refractivity contribution in [1.82, 2.24) is 19.7 Å². The first kappa shape index (κ1) is 12.7. The van der Waals surface area contributed by atoms with Gasteiger partial charge in [0, 0.05) is 29.8 Å². The van der Waals surface area contributed by atoms with E-state index in [0.717, 1.165) is 29.0 Å². The summed E-state index contributed by atoms with van der Waals surface area (Å²) in [4.78, 5) is 4.16. The normalized spacial score (nSPS) is 16.5. The third kappa shape index (κ3) is 2.66. The van der Waals surface area contributed by atoms with Crippen LogP contribution < -0.4 is 0 Å². The van der Waals surface area contributed by atoms with Gasteiger partial charge in [0.15, 0.2) is 11.0 Å². The topological polar surface area (TPSA) is 43.6 Å². The highest BCUT2D eigenvalue weighted by Crippen LogP contribution is 2.41. The lowest BCUT2D eigenvalue weighted by Crippen LogP contribution is -2.04. The summed E-state index contributed by atoms with van der Waals surface area (Å²) >= 11 is 1.85. The number of aromatic nitrogens is 4. The second-order valence-corrected chi connectivity index (χ2v) is 6.30. The van der Waals surface area contributed by atoms with Crippen LogP contribution in [0.25, 0.3) is 11.4 Å². The molecule has 2 aromatic rings. The van der Waals surface area contributed by atoms with E-state index < -0.39 is 0 Å². The molecule has 2 heterocycles. The predicted molar refractivity (Wildman–Crippen MR) is 77.0 cm³/mol. The summed E-state index contributed by atoms with van der Waals surface area (Å²) in [6.45, 7) is 5.31. The molecular weight excluding hydrogens is 256 g/mol. The van der Waals surface area contributed by atoms with Crippen molar-refractivity contribution in [2.24, 2.45) is 5.92 Å². The van der Waals surface area contributed by atoms with Gasteiger partial charge in [-0.15, -0.1) is 10.2 Å². The summed E-state index contributed by atoms with van der Waals surface area (Å²) in [6, 6.07) is 3.96. The fourth-order valence-electron chi connectivity index (χ4n) is 2.20. The fourth-order valence-corrected chi connectivity index (χ4v) is 3.43. The Hall–Kier alpha value is -1.36. The van der Waals surface area contributed by atoms with Crippen molar-refractivity contribution in [2.75, 3.05) is 0 Å². The van der Waals surface area contributed by atoms with Gasteiger partial charge in [-0.1, -0.05) is 18.7 Å². The van der Waals surface area contributed by atoms with Crippen LogP contribution in [0.2, 0.25) is 0 Å². The van der Waals surface area contributed by atoms with Crippen molar-refractivity contribution in [1.29, 1.82) is 0 Å². The minimum absolute atomic E-state index is 0.635. The van der Waals surface area contributed by atoms with Gasteiger partial charge in [-0.05, 0) is 37.8 Å². The standard InChI is InChI=1S/C14H18N4S/c1-3-18-13(12-5-4-8-15-9-12)16-17-14(18)19-10(2)11-6-7-11/h4-5,8-11H,3,6-7H2,1-2H3. The number of pyridine rings is 1. The summed E-state index contributed by atoms with van der Waals surface area (Å²) in [5.74, 6) is 1.79. The summed E-state index contributed by atoms with van der Waals surface area (Å²) in [5, 5.41) is 10.4. The Morgan fingerprint density at radius 1 is 1.42 bits per heavy atom. The highest BCUT2D eigenvalue weighted by molar-refractivity contribution is 7.99. The Bertz CT molecular complexity index is 548. The average Bonchev–Trinajstić information content (AvgIpc) is 3.22. The van der Waals surface area contributed by atoms with Gasteiger partial charge in [0.2, 0.25) is 0 Å². The second kappa shape index (κ2) is 5.33. The molecule has 0 spiro atoms. The summed E-state index contributed by atoms with van der Waals surface area (Å²) in [7, 11) is 0. The first-order chi connectivity index (χ1) is 9.29. The van der Waals surface area contributed by atoms with Gasteiger partial charge in [0.1, 0.15) is 0 Å². The second-order valence-electron chi connectivity index (χ2n) is 4.95. The van der Waals surface area contributed by atoms with Crippen molar-refractivity contribution in [3.05, 3.63) is 24.5 Å². The fraction of sp³-hybridized carbons (Fsp3) is 0.500. The van der Waals surface area contributed by atoms with E-state index in [9.17, 15) is 0 Å². The smallest absolute Gasteiger partial charge is 0.191 e. The van der Waals surface area contributed by atoms with Crippen molar-refractivity contribution in [3.8, 4) is 11.4 Å². The SMILES string of the molecule is CCn1c(SC(C)C2CC2)nnc1-c1cccnc1. The number of hydrogen-bond acceptors (Lipinski definition) is 4. The molecule has 0 saturated heterocycles. The van der Waals surface area contributed by atoms with Crippen LogP contribution in [-0.2, 0) is 6.54 Å². The van der Waals surface area contributed by atoms with Gasteiger partial charge in [-0.3, -0.25) is 4.98 Å². The van der Waals surface area contributed by atoms with Gasteiger partial charge in [-0.2, -0.15) is 0 Å². The number of hydrogen-bond donors (Lipinski definition) is 0. The molecule has 1 atom stereocenters. The third-order valence-corrected chi connectivity index (χ3v) is 4.80. The van der Waals surface area contributed by atoms with E-state index in [2.05, 4.69) is 33.6 Å². The van der Waals surface area contributed by atoms with E-state index in [1.54, 1.807) is 6.20 Å². The van der Waals surface area contributed by atoms with E-state index in [0.29, 0.717) is 5.25 Å². The zero-order valence-electron chi connectivity index (χ0n) is 11.3. The first-order valence-corrected chi connectivity index (χ1v) is 7.67. The molecule has 2 aromatic heterocycles. The van der Waals surface area contributed by atoms with Gasteiger partial charge < -0.3 is 4.57 Å². The van der Waals surface area contributed by atoms with Crippen LogP contribution in [0.5, 0.6) is 0 Å². The zero-order chi connectivity index (χ0) is 13.2. The van der Waals surface area contributed by atoms with Crippen molar-refractivity contribution < 1.29 is 0 Å². The lowest BCUT2D eigenvalue weighted by atomic mass is 10.3. The van der Waals surface area contributed by atoms with Crippen LogP contribution in [0.1, 0.15) is 26.7 Å². The molecule has 1 unspecified atom stereocenters. The molecule has 4 nitrogen and oxygen atoms in total. The van der Waals surface area contributed by atoms with Crippen LogP contribution in [0.15, 0.2) is 29.7 Å². The van der Waals surface area contributed by atoms with E-state index in [4.69, 9.17) is 0 Å². The molecule has 3 rings (SSSR count). The predicted octanol–water partition coefficient (Wildman–Crippen LogP) is 3.25. The molecule has 1 saturated carbocycles. The van der Waals surface area contributed by atoms with Crippen molar-refractivity contribution >= 4 is 11.8 Å². The molecule has 1 fully saturated rings. The molecule has 100 valence electrons. The average molecular weight is 274 g/mol. The molecular formula is C14H18N4S. The lowest BCUT2D eigenvalue weighted by molar-refractivity contribution is 0.681. The highest BCUT2D eigenvalue weighted by atomic mass is 32.2. The van der Waals surface area contributed by atoms with E-state index in [1.807, 2.05) is 30.1 Å². The maximum absolute atomic E-state index is 4.36. The molecule has 0 bridgehead atoms. The summed E-state index contributed by atoms with van der Waals surface area (Å²) < 4.78 is 2.18. The molecule has 0 aromatic carbocycles. The minimum Gasteiger partial charge on any atom is -0.302 e. The molecule has 0 aliphatic heterocycles. The molecule has 19 heavy (non-hydrogen) atoms. The molecule has 0 amide bonds. The number of rotatable bonds is 5. The molecule has 1 aliphatic rings. The van der Waals surface area contributed by atoms with Crippen molar-refractivity contribution in [2.45, 2.75) is 43.6 Å². The maximum atomic E-state index is 4.36.